The Labute approximate surface area is 109 Å². The Bertz CT molecular complexity index is 301. The van der Waals surface area contributed by atoms with E-state index in [0.29, 0.717) is 6.54 Å². The molecule has 0 saturated carbocycles. The average Bonchev–Trinajstić information content (AvgIpc) is 2.11. The summed E-state index contributed by atoms with van der Waals surface area (Å²) < 4.78 is 0. The number of amides is 1. The molecule has 1 aliphatic heterocycles. The molecule has 1 saturated heterocycles. The van der Waals surface area contributed by atoms with Crippen LogP contribution in [0.1, 0.15) is 34.1 Å². The highest BCUT2D eigenvalue weighted by atomic mass is 16.4. The van der Waals surface area contributed by atoms with E-state index in [1.807, 2.05) is 37.5 Å². The van der Waals surface area contributed by atoms with Gasteiger partial charge in [0.15, 0.2) is 0 Å². The molecule has 0 aromatic carbocycles. The number of likely N-dealkylation sites (tertiary alicyclic amines) is 1. The summed E-state index contributed by atoms with van der Waals surface area (Å²) in [6.45, 7) is 9.92. The third-order valence-corrected chi connectivity index (χ3v) is 3.26. The minimum Gasteiger partial charge on any atom is -0.481 e. The van der Waals surface area contributed by atoms with E-state index in [2.05, 4.69) is 0 Å². The molecule has 1 N–H and O–H groups in total. The molecule has 0 aromatic rings. The van der Waals surface area contributed by atoms with Crippen LogP contribution in [0.4, 0.5) is 0 Å². The third kappa shape index (κ3) is 3.98. The highest BCUT2D eigenvalue weighted by molar-refractivity contribution is 5.79. The van der Waals surface area contributed by atoms with Crippen LogP contribution in [0, 0.1) is 5.92 Å². The second-order valence-corrected chi connectivity index (χ2v) is 5.65. The molecular formula is C13H24N2O3. The highest BCUT2D eigenvalue weighted by Crippen LogP contribution is 2.19. The first-order chi connectivity index (χ1) is 8.31. The monoisotopic (exact) mass is 256 g/mol. The number of rotatable bonds is 6. The summed E-state index contributed by atoms with van der Waals surface area (Å²) in [7, 11) is 0. The summed E-state index contributed by atoms with van der Waals surface area (Å²) in [4.78, 5) is 26.6. The van der Waals surface area contributed by atoms with E-state index in [1.165, 1.54) is 0 Å². The number of hydrogen-bond acceptors (Lipinski definition) is 3. The maximum atomic E-state index is 12.1. The average molecular weight is 256 g/mol. The van der Waals surface area contributed by atoms with Gasteiger partial charge in [-0.05, 0) is 33.6 Å². The van der Waals surface area contributed by atoms with E-state index in [-0.39, 0.29) is 30.3 Å². The van der Waals surface area contributed by atoms with Crippen molar-refractivity contribution in [1.29, 1.82) is 0 Å². The lowest BCUT2D eigenvalue weighted by Gasteiger charge is -2.40. The first kappa shape index (κ1) is 15.0. The molecule has 0 aliphatic carbocycles. The second-order valence-electron chi connectivity index (χ2n) is 5.65. The molecule has 0 bridgehead atoms. The van der Waals surface area contributed by atoms with Gasteiger partial charge in [0, 0.05) is 25.2 Å². The predicted octanol–water partition coefficient (Wildman–Crippen LogP) is 1.04. The van der Waals surface area contributed by atoms with E-state index in [1.54, 1.807) is 0 Å². The zero-order chi connectivity index (χ0) is 13.9. The Morgan fingerprint density at radius 1 is 1.22 bits per heavy atom. The van der Waals surface area contributed by atoms with Gasteiger partial charge in [-0.1, -0.05) is 0 Å². The molecule has 18 heavy (non-hydrogen) atoms. The number of carbonyl (C=O) groups excluding carboxylic acids is 1. The van der Waals surface area contributed by atoms with Gasteiger partial charge >= 0.3 is 5.97 Å². The number of nitrogens with zero attached hydrogens (tertiary/aromatic N) is 2. The molecule has 0 radical (unpaired) electrons. The van der Waals surface area contributed by atoms with Crippen LogP contribution in [0.5, 0.6) is 0 Å². The molecule has 0 atom stereocenters. The van der Waals surface area contributed by atoms with Crippen LogP contribution in [-0.2, 0) is 9.59 Å². The molecule has 1 aliphatic rings. The molecule has 5 nitrogen and oxygen atoms in total. The number of carboxylic acids is 1. The van der Waals surface area contributed by atoms with E-state index >= 15 is 0 Å². The lowest BCUT2D eigenvalue weighted by atomic mass is 9.96. The fourth-order valence-electron chi connectivity index (χ4n) is 2.63. The molecule has 0 aromatic heterocycles. The van der Waals surface area contributed by atoms with Gasteiger partial charge in [-0.25, -0.2) is 0 Å². The van der Waals surface area contributed by atoms with E-state index in [0.717, 1.165) is 13.1 Å². The summed E-state index contributed by atoms with van der Waals surface area (Å²) in [6.07, 6.45) is 0.211. The van der Waals surface area contributed by atoms with Crippen LogP contribution >= 0.6 is 0 Å². The second kappa shape index (κ2) is 6.18. The van der Waals surface area contributed by atoms with Crippen LogP contribution in [-0.4, -0.2) is 58.5 Å². The Morgan fingerprint density at radius 2 is 1.72 bits per heavy atom. The molecule has 1 heterocycles. The normalized spacial score (nSPS) is 17.0. The SMILES string of the molecule is CC(C)N(C(=O)CN1CC(CC(=O)O)C1)C(C)C. The van der Waals surface area contributed by atoms with Crippen molar-refractivity contribution in [3.8, 4) is 0 Å². The van der Waals surface area contributed by atoms with E-state index < -0.39 is 5.97 Å². The van der Waals surface area contributed by atoms with Gasteiger partial charge in [0.1, 0.15) is 0 Å². The number of carboxylic acid groups (broad SMARTS) is 1. The van der Waals surface area contributed by atoms with Crippen LogP contribution in [0.3, 0.4) is 0 Å². The van der Waals surface area contributed by atoms with Crippen LogP contribution in [0.2, 0.25) is 0 Å². The van der Waals surface area contributed by atoms with Crippen molar-refractivity contribution in [3.63, 3.8) is 0 Å². The van der Waals surface area contributed by atoms with Crippen molar-refractivity contribution in [2.75, 3.05) is 19.6 Å². The molecule has 5 heteroatoms. The number of carbonyl (C=O) groups is 2. The summed E-state index contributed by atoms with van der Waals surface area (Å²) in [5.74, 6) is -0.410. The highest BCUT2D eigenvalue weighted by Gasteiger charge is 2.31. The molecule has 0 unspecified atom stereocenters. The van der Waals surface area contributed by atoms with E-state index in [9.17, 15) is 9.59 Å². The van der Waals surface area contributed by atoms with Gasteiger partial charge in [0.2, 0.25) is 5.91 Å². The smallest absolute Gasteiger partial charge is 0.303 e. The Kier molecular flexibility index (Phi) is 5.14. The van der Waals surface area contributed by atoms with Crippen molar-refractivity contribution >= 4 is 11.9 Å². The van der Waals surface area contributed by atoms with Gasteiger partial charge in [-0.3, -0.25) is 14.5 Å². The molecule has 1 fully saturated rings. The van der Waals surface area contributed by atoms with Crippen molar-refractivity contribution in [2.24, 2.45) is 5.92 Å². The maximum absolute atomic E-state index is 12.1. The van der Waals surface area contributed by atoms with Crippen molar-refractivity contribution in [1.82, 2.24) is 9.80 Å². The van der Waals surface area contributed by atoms with Crippen LogP contribution < -0.4 is 0 Å². The van der Waals surface area contributed by atoms with Crippen molar-refractivity contribution in [3.05, 3.63) is 0 Å². The lowest BCUT2D eigenvalue weighted by Crippen LogP contribution is -2.54. The van der Waals surface area contributed by atoms with Crippen molar-refractivity contribution in [2.45, 2.75) is 46.2 Å². The molecule has 104 valence electrons. The van der Waals surface area contributed by atoms with E-state index in [4.69, 9.17) is 5.11 Å². The van der Waals surface area contributed by atoms with Crippen molar-refractivity contribution < 1.29 is 14.7 Å². The summed E-state index contributed by atoms with van der Waals surface area (Å²) in [5, 5.41) is 8.66. The quantitative estimate of drug-likeness (QED) is 0.771. The lowest BCUT2D eigenvalue weighted by molar-refractivity contribution is -0.140. The minimum absolute atomic E-state index is 0.133. The predicted molar refractivity (Wildman–Crippen MR) is 69.3 cm³/mol. The molecular weight excluding hydrogens is 232 g/mol. The minimum atomic E-state index is -0.753. The Morgan fingerprint density at radius 3 is 2.11 bits per heavy atom. The third-order valence-electron chi connectivity index (χ3n) is 3.26. The van der Waals surface area contributed by atoms with Gasteiger partial charge in [0.05, 0.1) is 13.0 Å². The summed E-state index contributed by atoms with van der Waals surface area (Å²) in [6, 6.07) is 0.405. The molecule has 1 rings (SSSR count). The topological polar surface area (TPSA) is 60.9 Å². The van der Waals surface area contributed by atoms with Crippen LogP contribution in [0.15, 0.2) is 0 Å². The zero-order valence-corrected chi connectivity index (χ0v) is 11.7. The number of hydrogen-bond donors (Lipinski definition) is 1. The fourth-order valence-corrected chi connectivity index (χ4v) is 2.63. The first-order valence-corrected chi connectivity index (χ1v) is 6.56. The molecule has 1 amide bonds. The Balaban J connectivity index is 2.36. The largest absolute Gasteiger partial charge is 0.481 e. The Hall–Kier alpha value is -1.10. The standard InChI is InChI=1S/C13H24N2O3/c1-9(2)15(10(3)4)12(16)8-14-6-11(7-14)5-13(17)18/h9-11H,5-8H2,1-4H3,(H,17,18). The fraction of sp³-hybridized carbons (Fsp3) is 0.846. The summed E-state index contributed by atoms with van der Waals surface area (Å²) >= 11 is 0. The molecule has 0 spiro atoms. The first-order valence-electron chi connectivity index (χ1n) is 6.56. The van der Waals surface area contributed by atoms with Gasteiger partial charge < -0.3 is 10.0 Å². The maximum Gasteiger partial charge on any atom is 0.303 e. The van der Waals surface area contributed by atoms with Gasteiger partial charge in [0.25, 0.3) is 0 Å². The zero-order valence-electron chi connectivity index (χ0n) is 11.7. The van der Waals surface area contributed by atoms with Gasteiger partial charge in [-0.2, -0.15) is 0 Å². The van der Waals surface area contributed by atoms with Gasteiger partial charge in [-0.15, -0.1) is 0 Å². The summed E-state index contributed by atoms with van der Waals surface area (Å²) in [5.41, 5.74) is 0. The number of aliphatic carboxylic acids is 1. The van der Waals surface area contributed by atoms with Crippen LogP contribution in [0.25, 0.3) is 0 Å².